The second-order valence-corrected chi connectivity index (χ2v) is 15.2. The van der Waals surface area contributed by atoms with Crippen molar-refractivity contribution in [3.63, 3.8) is 0 Å². The molecule has 13 heteroatoms. The van der Waals surface area contributed by atoms with Gasteiger partial charge in [0.05, 0.1) is 0 Å². The van der Waals surface area contributed by atoms with E-state index in [1.807, 2.05) is 95.2 Å². The normalized spacial score (nSPS) is 16.8. The Hall–Kier alpha value is -0.963. The molecule has 0 radical (unpaired) electrons. The van der Waals surface area contributed by atoms with E-state index in [0.717, 1.165) is 38.5 Å². The van der Waals surface area contributed by atoms with Gasteiger partial charge in [-0.1, -0.05) is 77.9 Å². The van der Waals surface area contributed by atoms with Crippen LogP contribution in [0.15, 0.2) is 60.7 Å². The van der Waals surface area contributed by atoms with Crippen LogP contribution in [0, 0.1) is 0 Å². The van der Waals surface area contributed by atoms with Crippen molar-refractivity contribution in [2.75, 3.05) is 0 Å². The monoisotopic (exact) mass is 806 g/mol. The minimum Gasteiger partial charge on any atom is -0.508 e. The van der Waals surface area contributed by atoms with Gasteiger partial charge in [0.15, 0.2) is 0 Å². The molecule has 0 heterocycles. The number of hydrogen-bond acceptors (Lipinski definition) is 10. The molecular weight excluding hydrogens is 740 g/mol. The van der Waals surface area contributed by atoms with Crippen LogP contribution in [0.4, 0.5) is 0 Å². The van der Waals surface area contributed by atoms with Crippen LogP contribution in [-0.4, -0.2) is 74.5 Å². The molecule has 2 aromatic rings. The molecule has 2 rings (SSSR count). The Morgan fingerprint density at radius 1 is 0.408 bits per heavy atom. The van der Waals surface area contributed by atoms with Crippen LogP contribution in [0.1, 0.15) is 122 Å². The number of hydrogen-bond donors (Lipinski definition) is 4. The summed E-state index contributed by atoms with van der Waals surface area (Å²) in [6.07, 6.45) is 4.60. The largest absolute Gasteiger partial charge is 0.677 e. The predicted octanol–water partition coefficient (Wildman–Crippen LogP) is 8.50. The number of phenols is 2. The summed E-state index contributed by atoms with van der Waals surface area (Å²) < 4.78 is 33.5. The van der Waals surface area contributed by atoms with E-state index in [1.54, 1.807) is 48.5 Å². The van der Waals surface area contributed by atoms with E-state index in [2.05, 4.69) is 0 Å². The predicted molar refractivity (Wildman–Crippen MR) is 197 cm³/mol. The Morgan fingerprint density at radius 2 is 0.571 bits per heavy atom. The molecule has 4 N–H and O–H groups in total. The third kappa shape index (κ3) is 29.3. The maximum absolute atomic E-state index is 10.4. The Kier molecular flexibility index (Phi) is 32.8. The molecule has 10 nitrogen and oxygen atoms in total. The van der Waals surface area contributed by atoms with E-state index < -0.39 is 18.1 Å². The Bertz CT molecular complexity index is 854. The molecule has 284 valence electrons. The zero-order valence-corrected chi connectivity index (χ0v) is 36.7. The van der Waals surface area contributed by atoms with E-state index in [-0.39, 0.29) is 62.8 Å². The molecule has 0 aliphatic rings. The van der Waals surface area contributed by atoms with Crippen LogP contribution in [-0.2, 0) is 52.8 Å². The smallest absolute Gasteiger partial charge is 0.508 e. The summed E-state index contributed by atoms with van der Waals surface area (Å²) in [5.41, 5.74) is 0. The molecule has 0 amide bonds. The van der Waals surface area contributed by atoms with Gasteiger partial charge in [-0.2, -0.15) is 0 Å². The van der Waals surface area contributed by atoms with Crippen molar-refractivity contribution < 1.29 is 72.6 Å². The van der Waals surface area contributed by atoms with Crippen LogP contribution in [0.5, 0.6) is 11.5 Å². The van der Waals surface area contributed by atoms with Gasteiger partial charge in [0.1, 0.15) is 11.5 Å². The summed E-state index contributed by atoms with van der Waals surface area (Å²) in [6.45, 7) is 23.5. The summed E-state index contributed by atoms with van der Waals surface area (Å²) >= 11 is 0. The van der Waals surface area contributed by atoms with Crippen molar-refractivity contribution in [1.82, 2.24) is 0 Å². The van der Waals surface area contributed by atoms with Crippen molar-refractivity contribution in [3.8, 4) is 11.5 Å². The quantitative estimate of drug-likeness (QED) is 0.109. The first-order valence-electron chi connectivity index (χ1n) is 17.5. The second kappa shape index (κ2) is 30.6. The second-order valence-electron chi connectivity index (χ2n) is 11.7. The minimum absolute atomic E-state index is 0. The van der Waals surface area contributed by atoms with Crippen LogP contribution < -0.4 is 0 Å². The fourth-order valence-electron chi connectivity index (χ4n) is 3.05. The van der Waals surface area contributed by atoms with E-state index in [9.17, 15) is 9.59 Å². The fraction of sp³-hybridized carbons (Fsp3) is 0.667. The molecule has 6 unspecified atom stereocenters. The first-order valence-corrected chi connectivity index (χ1v) is 20.9. The molecule has 6 atom stereocenters. The third-order valence-corrected chi connectivity index (χ3v) is 11.3. The van der Waals surface area contributed by atoms with E-state index in [4.69, 9.17) is 36.8 Å². The zero-order chi connectivity index (χ0) is 37.2. The summed E-state index contributed by atoms with van der Waals surface area (Å²) in [5, 5.41) is 17.3. The number of aromatic hydroxyl groups is 2. The molecule has 0 aromatic heterocycles. The number of rotatable bonds is 18. The maximum atomic E-state index is 10.4. The Balaban J connectivity index is -0.000000613. The molecule has 0 aliphatic carbocycles. The minimum atomic E-state index is -3.50. The number of phenolic OH excluding ortho intramolecular Hbond substituents is 2. The van der Waals surface area contributed by atoms with Crippen molar-refractivity contribution in [3.05, 3.63) is 60.7 Å². The molecule has 2 aromatic carbocycles. The van der Waals surface area contributed by atoms with E-state index in [1.165, 1.54) is 0 Å². The SMILES string of the molecule is CCC(C)O[Si](O)(OC(C)CC)OC(C)CC.CCC(C)O[Si](O)(OC(C)CC)OC(C)CC.Oc1ccccc1.Oc1ccccc1.[Zr]. The average molecular weight is 808 g/mol. The van der Waals surface area contributed by atoms with Crippen molar-refractivity contribution in [1.29, 1.82) is 0 Å². The van der Waals surface area contributed by atoms with Gasteiger partial charge in [-0.25, -0.2) is 0 Å². The summed E-state index contributed by atoms with van der Waals surface area (Å²) in [5.74, 6) is 0.644. The fourth-order valence-corrected chi connectivity index (χ4v) is 7.43. The van der Waals surface area contributed by atoms with Crippen LogP contribution >= 0.6 is 0 Å². The van der Waals surface area contributed by atoms with Gasteiger partial charge < -0.3 is 46.4 Å². The van der Waals surface area contributed by atoms with Crippen LogP contribution in [0.25, 0.3) is 0 Å². The Labute approximate surface area is 319 Å². The van der Waals surface area contributed by atoms with Crippen molar-refractivity contribution in [2.45, 2.75) is 158 Å². The first kappa shape index (κ1) is 52.4. The molecule has 49 heavy (non-hydrogen) atoms. The molecule has 0 bridgehead atoms. The van der Waals surface area contributed by atoms with Crippen molar-refractivity contribution in [2.24, 2.45) is 0 Å². The van der Waals surface area contributed by atoms with Crippen molar-refractivity contribution >= 4 is 18.1 Å². The summed E-state index contributed by atoms with van der Waals surface area (Å²) in [6, 6.07) is 17.4. The third-order valence-electron chi connectivity index (χ3n) is 7.06. The zero-order valence-electron chi connectivity index (χ0n) is 32.2. The topological polar surface area (TPSA) is 136 Å². The van der Waals surface area contributed by atoms with Gasteiger partial charge in [0.25, 0.3) is 0 Å². The average Bonchev–Trinajstić information content (AvgIpc) is 3.05. The number of para-hydroxylation sites is 2. The van der Waals surface area contributed by atoms with E-state index in [0.29, 0.717) is 11.5 Å². The number of benzene rings is 2. The first-order chi connectivity index (χ1) is 22.5. The molecular formula is C36H68O10Si2Zr. The molecule has 0 fully saturated rings. The van der Waals surface area contributed by atoms with Crippen LogP contribution in [0.2, 0.25) is 0 Å². The molecule has 0 aliphatic heterocycles. The summed E-state index contributed by atoms with van der Waals surface area (Å²) in [7, 11) is -7.00. The van der Waals surface area contributed by atoms with Gasteiger partial charge in [-0.15, -0.1) is 0 Å². The molecule has 0 spiro atoms. The van der Waals surface area contributed by atoms with Crippen LogP contribution in [0.3, 0.4) is 0 Å². The van der Waals surface area contributed by atoms with Gasteiger partial charge in [0.2, 0.25) is 0 Å². The maximum Gasteiger partial charge on any atom is 0.677 e. The van der Waals surface area contributed by atoms with Gasteiger partial charge in [0, 0.05) is 62.8 Å². The van der Waals surface area contributed by atoms with Gasteiger partial charge in [-0.3, -0.25) is 0 Å². The standard InChI is InChI=1S/2C12H28O4Si.2C6H6O.Zr/c2*1-7-10(4)14-17(13,15-11(5)8-2)16-12(6)9-3;2*7-6-4-2-1-3-5-6;/h2*10-13H,7-9H2,1-6H3;2*1-5,7H;. The molecule has 0 saturated heterocycles. The summed E-state index contributed by atoms with van der Waals surface area (Å²) in [4.78, 5) is 20.8. The van der Waals surface area contributed by atoms with Gasteiger partial charge in [-0.05, 0) is 104 Å². The van der Waals surface area contributed by atoms with Gasteiger partial charge >= 0.3 is 18.1 Å². The van der Waals surface area contributed by atoms with E-state index >= 15 is 0 Å². The molecule has 0 saturated carbocycles. The Morgan fingerprint density at radius 3 is 0.673 bits per heavy atom.